The molecule has 1 aromatic carbocycles. The molecule has 1 aliphatic rings. The van der Waals surface area contributed by atoms with Gasteiger partial charge in [0.1, 0.15) is 12.1 Å². The molecule has 2 aromatic rings. The number of carbonyl (C=O) groups is 1. The highest BCUT2D eigenvalue weighted by atomic mass is 16.5. The number of benzene rings is 1. The van der Waals surface area contributed by atoms with Crippen LogP contribution in [0.5, 0.6) is 11.5 Å². The Bertz CT molecular complexity index is 821. The lowest BCUT2D eigenvalue weighted by atomic mass is 10.0. The van der Waals surface area contributed by atoms with Crippen molar-refractivity contribution in [2.24, 2.45) is 0 Å². The number of ether oxygens (including phenoxy) is 2. The summed E-state index contributed by atoms with van der Waals surface area (Å²) in [5, 5.41) is 6.97. The van der Waals surface area contributed by atoms with Crippen LogP contribution in [0.3, 0.4) is 0 Å². The van der Waals surface area contributed by atoms with E-state index in [1.165, 1.54) is 0 Å². The molecule has 2 heterocycles. The van der Waals surface area contributed by atoms with Crippen molar-refractivity contribution in [2.75, 3.05) is 38.8 Å². The van der Waals surface area contributed by atoms with Crippen LogP contribution in [0.25, 0.3) is 10.9 Å². The minimum Gasteiger partial charge on any atom is -0.493 e. The van der Waals surface area contributed by atoms with E-state index in [9.17, 15) is 4.79 Å². The third kappa shape index (κ3) is 5.19. The molecule has 2 N–H and O–H groups in total. The zero-order valence-electron chi connectivity index (χ0n) is 17.5. The van der Waals surface area contributed by atoms with Crippen LogP contribution in [0.15, 0.2) is 18.5 Å². The summed E-state index contributed by atoms with van der Waals surface area (Å²) in [6.07, 6.45) is 6.65. The van der Waals surface area contributed by atoms with E-state index in [1.807, 2.05) is 12.1 Å². The molecule has 0 radical (unpaired) electrons. The van der Waals surface area contributed by atoms with Gasteiger partial charge in [0, 0.05) is 37.1 Å². The van der Waals surface area contributed by atoms with Gasteiger partial charge in [0.05, 0.1) is 19.7 Å². The third-order valence-electron chi connectivity index (χ3n) is 5.32. The van der Waals surface area contributed by atoms with Gasteiger partial charge in [-0.3, -0.25) is 0 Å². The fourth-order valence-electron chi connectivity index (χ4n) is 3.67. The molecule has 0 saturated carbocycles. The fraction of sp³-hybridized carbons (Fsp3) is 0.571. The van der Waals surface area contributed by atoms with Crippen LogP contribution < -0.4 is 25.0 Å². The Balaban J connectivity index is 1.62. The number of piperidine rings is 1. The van der Waals surface area contributed by atoms with Crippen molar-refractivity contribution in [1.29, 1.82) is 0 Å². The summed E-state index contributed by atoms with van der Waals surface area (Å²) in [6.45, 7) is 4.53. The van der Waals surface area contributed by atoms with Crippen LogP contribution >= 0.6 is 0 Å². The topological polar surface area (TPSA) is 88.6 Å². The highest BCUT2D eigenvalue weighted by Gasteiger charge is 2.23. The second-order valence-electron chi connectivity index (χ2n) is 7.29. The van der Waals surface area contributed by atoms with Gasteiger partial charge in [0.25, 0.3) is 0 Å². The zero-order valence-corrected chi connectivity index (χ0v) is 17.5. The minimum atomic E-state index is -0.0659. The standard InChI is InChI=1S/C21H31N5O3/c1-4-5-6-9-22-21(27)25-15-7-10-26(11-8-15)20-16-12-18(28-2)19(29-3)13-17(16)23-14-24-20/h12-15H,4-11H2,1-3H3,(H2,22,25,27). The number of anilines is 1. The lowest BCUT2D eigenvalue weighted by Crippen LogP contribution is -2.48. The van der Waals surface area contributed by atoms with Gasteiger partial charge in [0.2, 0.25) is 0 Å². The van der Waals surface area contributed by atoms with E-state index >= 15 is 0 Å². The quantitative estimate of drug-likeness (QED) is 0.661. The minimum absolute atomic E-state index is 0.0659. The summed E-state index contributed by atoms with van der Waals surface area (Å²) in [6, 6.07) is 3.91. The number of methoxy groups -OCH3 is 2. The average Bonchev–Trinajstić information content (AvgIpc) is 2.76. The van der Waals surface area contributed by atoms with Crippen LogP contribution in [0.1, 0.15) is 39.0 Å². The predicted molar refractivity (Wildman–Crippen MR) is 114 cm³/mol. The van der Waals surface area contributed by atoms with E-state index in [2.05, 4.69) is 32.4 Å². The number of nitrogens with zero attached hydrogens (tertiary/aromatic N) is 3. The van der Waals surface area contributed by atoms with E-state index in [-0.39, 0.29) is 12.1 Å². The van der Waals surface area contributed by atoms with Gasteiger partial charge in [-0.05, 0) is 25.3 Å². The van der Waals surface area contributed by atoms with Crippen LogP contribution in [0.4, 0.5) is 10.6 Å². The SMILES string of the molecule is CCCCCNC(=O)NC1CCN(c2ncnc3cc(OC)c(OC)cc23)CC1. The summed E-state index contributed by atoms with van der Waals surface area (Å²) in [5.74, 6) is 2.20. The first-order valence-electron chi connectivity index (χ1n) is 10.3. The van der Waals surface area contributed by atoms with E-state index in [1.54, 1.807) is 20.5 Å². The van der Waals surface area contributed by atoms with Crippen LogP contribution in [-0.2, 0) is 0 Å². The summed E-state index contributed by atoms with van der Waals surface area (Å²) in [4.78, 5) is 23.2. The van der Waals surface area contributed by atoms with Crippen molar-refractivity contribution in [1.82, 2.24) is 20.6 Å². The summed E-state index contributed by atoms with van der Waals surface area (Å²) >= 11 is 0. The molecule has 1 saturated heterocycles. The lowest BCUT2D eigenvalue weighted by molar-refractivity contribution is 0.234. The molecule has 8 heteroatoms. The number of urea groups is 1. The number of fused-ring (bicyclic) bond motifs is 1. The maximum Gasteiger partial charge on any atom is 0.315 e. The Morgan fingerprint density at radius 2 is 1.86 bits per heavy atom. The third-order valence-corrected chi connectivity index (χ3v) is 5.32. The molecule has 8 nitrogen and oxygen atoms in total. The van der Waals surface area contributed by atoms with E-state index in [4.69, 9.17) is 9.47 Å². The van der Waals surface area contributed by atoms with Crippen LogP contribution in [0, 0.1) is 0 Å². The fourth-order valence-corrected chi connectivity index (χ4v) is 3.67. The second-order valence-corrected chi connectivity index (χ2v) is 7.29. The van der Waals surface area contributed by atoms with Crippen molar-refractivity contribution < 1.29 is 14.3 Å². The molecule has 3 rings (SSSR count). The van der Waals surface area contributed by atoms with Gasteiger partial charge < -0.3 is 25.0 Å². The van der Waals surface area contributed by atoms with Gasteiger partial charge in [-0.2, -0.15) is 0 Å². The number of nitrogens with one attached hydrogen (secondary N) is 2. The largest absolute Gasteiger partial charge is 0.493 e. The molecule has 29 heavy (non-hydrogen) atoms. The van der Waals surface area contributed by atoms with E-state index in [0.717, 1.165) is 68.5 Å². The zero-order chi connectivity index (χ0) is 20.6. The Kier molecular flexibility index (Phi) is 7.32. The van der Waals surface area contributed by atoms with Crippen molar-refractivity contribution in [2.45, 2.75) is 45.1 Å². The molecule has 0 bridgehead atoms. The molecule has 0 spiro atoms. The van der Waals surface area contributed by atoms with Crippen molar-refractivity contribution in [3.63, 3.8) is 0 Å². The van der Waals surface area contributed by atoms with Crippen molar-refractivity contribution in [3.8, 4) is 11.5 Å². The number of carbonyl (C=O) groups excluding carboxylic acids is 1. The van der Waals surface area contributed by atoms with Crippen LogP contribution in [0.2, 0.25) is 0 Å². The molecule has 0 aliphatic carbocycles. The van der Waals surface area contributed by atoms with Gasteiger partial charge in [0.15, 0.2) is 11.5 Å². The van der Waals surface area contributed by atoms with Crippen molar-refractivity contribution in [3.05, 3.63) is 18.5 Å². The molecule has 0 unspecified atom stereocenters. The first-order chi connectivity index (χ1) is 14.2. The molecular weight excluding hydrogens is 370 g/mol. The lowest BCUT2D eigenvalue weighted by Gasteiger charge is -2.33. The maximum absolute atomic E-state index is 12.0. The highest BCUT2D eigenvalue weighted by molar-refractivity contribution is 5.92. The summed E-state index contributed by atoms with van der Waals surface area (Å²) < 4.78 is 10.8. The molecule has 1 fully saturated rings. The number of unbranched alkanes of at least 4 members (excludes halogenated alkanes) is 2. The molecule has 158 valence electrons. The smallest absolute Gasteiger partial charge is 0.315 e. The molecular formula is C21H31N5O3. The molecule has 0 atom stereocenters. The van der Waals surface area contributed by atoms with Gasteiger partial charge in [-0.25, -0.2) is 14.8 Å². The number of hydrogen-bond donors (Lipinski definition) is 2. The first-order valence-corrected chi connectivity index (χ1v) is 10.3. The summed E-state index contributed by atoms with van der Waals surface area (Å²) in [5.41, 5.74) is 0.819. The van der Waals surface area contributed by atoms with Crippen LogP contribution in [-0.4, -0.2) is 55.9 Å². The monoisotopic (exact) mass is 401 g/mol. The predicted octanol–water partition coefficient (Wildman–Crippen LogP) is 3.11. The Labute approximate surface area is 172 Å². The normalized spacial score (nSPS) is 14.7. The van der Waals surface area contributed by atoms with E-state index < -0.39 is 0 Å². The maximum atomic E-state index is 12.0. The van der Waals surface area contributed by atoms with Gasteiger partial charge in [-0.1, -0.05) is 19.8 Å². The Morgan fingerprint density at radius 3 is 2.55 bits per heavy atom. The molecule has 1 aliphatic heterocycles. The number of aromatic nitrogens is 2. The molecule has 1 aromatic heterocycles. The second kappa shape index (κ2) is 10.1. The number of amides is 2. The van der Waals surface area contributed by atoms with Gasteiger partial charge in [-0.15, -0.1) is 0 Å². The highest BCUT2D eigenvalue weighted by Crippen LogP contribution is 2.35. The van der Waals surface area contributed by atoms with Gasteiger partial charge >= 0.3 is 6.03 Å². The number of rotatable bonds is 8. The first kappa shape index (κ1) is 21.0. The van der Waals surface area contributed by atoms with E-state index in [0.29, 0.717) is 11.5 Å². The van der Waals surface area contributed by atoms with Crippen molar-refractivity contribution >= 4 is 22.8 Å². The molecule has 2 amide bonds. The average molecular weight is 402 g/mol. The Morgan fingerprint density at radius 1 is 1.14 bits per heavy atom. The summed E-state index contributed by atoms with van der Waals surface area (Å²) in [7, 11) is 3.24. The number of hydrogen-bond acceptors (Lipinski definition) is 6. The Hall–Kier alpha value is -2.77.